The van der Waals surface area contributed by atoms with E-state index in [1.54, 1.807) is 36.4 Å². The van der Waals surface area contributed by atoms with Crippen LogP contribution in [0.4, 0.5) is 5.69 Å². The van der Waals surface area contributed by atoms with Gasteiger partial charge in [0.1, 0.15) is 5.76 Å². The number of hydrogen-bond donors (Lipinski definition) is 2. The fourth-order valence-electron chi connectivity index (χ4n) is 1.28. The Labute approximate surface area is 109 Å². The molecule has 0 saturated heterocycles. The van der Waals surface area contributed by atoms with Crippen LogP contribution in [0.1, 0.15) is 5.76 Å². The van der Waals surface area contributed by atoms with Crippen molar-refractivity contribution >= 4 is 23.7 Å². The highest BCUT2D eigenvalue weighted by Crippen LogP contribution is 2.04. The molecule has 2 rings (SSSR count). The van der Waals surface area contributed by atoms with Crippen LogP contribution in [0.25, 0.3) is 0 Å². The number of carbonyl (C=O) groups is 2. The van der Waals surface area contributed by atoms with Crippen LogP contribution in [-0.4, -0.2) is 18.0 Å². The number of hydrogen-bond acceptors (Lipinski definition) is 4. The predicted molar refractivity (Wildman–Crippen MR) is 69.5 cm³/mol. The SMILES string of the molecule is O=C(NN=Cc1ccco1)C(=O)Nc1ccccc1. The van der Waals surface area contributed by atoms with Crippen molar-refractivity contribution in [3.8, 4) is 0 Å². The molecule has 1 aromatic heterocycles. The number of carbonyl (C=O) groups excluding carboxylic acids is 2. The van der Waals surface area contributed by atoms with Crippen molar-refractivity contribution in [1.82, 2.24) is 5.43 Å². The van der Waals surface area contributed by atoms with E-state index in [2.05, 4.69) is 15.8 Å². The third-order valence-corrected chi connectivity index (χ3v) is 2.14. The number of hydrazone groups is 1. The molecule has 0 radical (unpaired) electrons. The average molecular weight is 257 g/mol. The van der Waals surface area contributed by atoms with Gasteiger partial charge in [0.2, 0.25) is 0 Å². The average Bonchev–Trinajstić information content (AvgIpc) is 2.93. The van der Waals surface area contributed by atoms with Gasteiger partial charge in [0.15, 0.2) is 0 Å². The highest BCUT2D eigenvalue weighted by molar-refractivity contribution is 6.39. The fourth-order valence-corrected chi connectivity index (χ4v) is 1.28. The van der Waals surface area contributed by atoms with Crippen molar-refractivity contribution in [2.75, 3.05) is 5.32 Å². The first-order valence-corrected chi connectivity index (χ1v) is 5.48. The van der Waals surface area contributed by atoms with Crippen molar-refractivity contribution in [2.45, 2.75) is 0 Å². The Morgan fingerprint density at radius 2 is 1.84 bits per heavy atom. The highest BCUT2D eigenvalue weighted by Gasteiger charge is 2.12. The van der Waals surface area contributed by atoms with Crippen LogP contribution in [0.3, 0.4) is 0 Å². The Bertz CT molecular complexity index is 576. The van der Waals surface area contributed by atoms with E-state index in [9.17, 15) is 9.59 Å². The molecule has 0 aliphatic rings. The van der Waals surface area contributed by atoms with Crippen molar-refractivity contribution < 1.29 is 14.0 Å². The molecular weight excluding hydrogens is 246 g/mol. The normalized spacial score (nSPS) is 10.3. The summed E-state index contributed by atoms with van der Waals surface area (Å²) in [6, 6.07) is 12.0. The minimum atomic E-state index is -0.855. The molecular formula is C13H11N3O3. The smallest absolute Gasteiger partial charge is 0.329 e. The summed E-state index contributed by atoms with van der Waals surface area (Å²) in [5.74, 6) is -1.17. The molecule has 2 aromatic rings. The zero-order valence-electron chi connectivity index (χ0n) is 9.87. The van der Waals surface area contributed by atoms with Gasteiger partial charge in [-0.15, -0.1) is 0 Å². The zero-order chi connectivity index (χ0) is 13.5. The van der Waals surface area contributed by atoms with Crippen molar-refractivity contribution in [1.29, 1.82) is 0 Å². The summed E-state index contributed by atoms with van der Waals surface area (Å²) in [6.07, 6.45) is 2.78. The molecule has 0 fully saturated rings. The van der Waals surface area contributed by atoms with Gasteiger partial charge in [-0.25, -0.2) is 5.43 Å². The van der Waals surface area contributed by atoms with Crippen LogP contribution in [0.15, 0.2) is 58.2 Å². The number of rotatable bonds is 3. The lowest BCUT2D eigenvalue weighted by Gasteiger charge is -2.02. The maximum atomic E-state index is 11.5. The van der Waals surface area contributed by atoms with Crippen LogP contribution in [0, 0.1) is 0 Å². The van der Waals surface area contributed by atoms with E-state index in [0.29, 0.717) is 11.4 Å². The molecule has 0 aliphatic heterocycles. The molecule has 0 bridgehead atoms. The molecule has 0 aliphatic carbocycles. The van der Waals surface area contributed by atoms with E-state index < -0.39 is 11.8 Å². The summed E-state index contributed by atoms with van der Waals surface area (Å²) in [5.41, 5.74) is 2.64. The molecule has 96 valence electrons. The molecule has 0 atom stereocenters. The third-order valence-electron chi connectivity index (χ3n) is 2.14. The molecule has 2 N–H and O–H groups in total. The first-order valence-electron chi connectivity index (χ1n) is 5.48. The number of benzene rings is 1. The second kappa shape index (κ2) is 6.15. The molecule has 2 amide bonds. The lowest BCUT2D eigenvalue weighted by Crippen LogP contribution is -2.32. The van der Waals surface area contributed by atoms with Crippen molar-refractivity contribution in [3.05, 3.63) is 54.5 Å². The van der Waals surface area contributed by atoms with E-state index in [0.717, 1.165) is 0 Å². The van der Waals surface area contributed by atoms with Gasteiger partial charge in [0.05, 0.1) is 12.5 Å². The van der Waals surface area contributed by atoms with Crippen LogP contribution in [-0.2, 0) is 9.59 Å². The van der Waals surface area contributed by atoms with Gasteiger partial charge < -0.3 is 9.73 Å². The van der Waals surface area contributed by atoms with Gasteiger partial charge in [-0.05, 0) is 24.3 Å². The lowest BCUT2D eigenvalue weighted by molar-refractivity contribution is -0.136. The Morgan fingerprint density at radius 3 is 2.53 bits per heavy atom. The molecule has 1 aromatic carbocycles. The Morgan fingerprint density at radius 1 is 1.05 bits per heavy atom. The van der Waals surface area contributed by atoms with Crippen molar-refractivity contribution in [3.63, 3.8) is 0 Å². The van der Waals surface area contributed by atoms with Gasteiger partial charge >= 0.3 is 11.8 Å². The molecule has 19 heavy (non-hydrogen) atoms. The largest absolute Gasteiger partial charge is 0.463 e. The number of nitrogens with zero attached hydrogens (tertiary/aromatic N) is 1. The summed E-state index contributed by atoms with van der Waals surface area (Å²) >= 11 is 0. The lowest BCUT2D eigenvalue weighted by atomic mass is 10.3. The minimum absolute atomic E-state index is 0.476. The van der Waals surface area contributed by atoms with Gasteiger partial charge in [-0.1, -0.05) is 18.2 Å². The highest BCUT2D eigenvalue weighted by atomic mass is 16.3. The van der Waals surface area contributed by atoms with Gasteiger partial charge in [-0.2, -0.15) is 5.10 Å². The first-order chi connectivity index (χ1) is 9.25. The molecule has 0 unspecified atom stereocenters. The molecule has 6 nitrogen and oxygen atoms in total. The van der Waals surface area contributed by atoms with Gasteiger partial charge in [0.25, 0.3) is 0 Å². The van der Waals surface area contributed by atoms with Crippen LogP contribution < -0.4 is 10.7 Å². The number of para-hydroxylation sites is 1. The Balaban J connectivity index is 1.85. The van der Waals surface area contributed by atoms with E-state index >= 15 is 0 Å². The van der Waals surface area contributed by atoms with Gasteiger partial charge in [-0.3, -0.25) is 9.59 Å². The first kappa shape index (κ1) is 12.6. The maximum absolute atomic E-state index is 11.5. The summed E-state index contributed by atoms with van der Waals surface area (Å²) in [5, 5.41) is 6.03. The van der Waals surface area contributed by atoms with Crippen LogP contribution in [0.5, 0.6) is 0 Å². The molecule has 0 spiro atoms. The Hall–Kier alpha value is -2.89. The second-order valence-corrected chi connectivity index (χ2v) is 3.53. The number of amides is 2. The summed E-state index contributed by atoms with van der Waals surface area (Å²) < 4.78 is 4.97. The zero-order valence-corrected chi connectivity index (χ0v) is 9.87. The summed E-state index contributed by atoms with van der Waals surface area (Å²) in [4.78, 5) is 22.9. The van der Waals surface area contributed by atoms with E-state index in [-0.39, 0.29) is 0 Å². The summed E-state index contributed by atoms with van der Waals surface area (Å²) in [7, 11) is 0. The van der Waals surface area contributed by atoms with E-state index in [1.807, 2.05) is 6.07 Å². The van der Waals surface area contributed by atoms with Crippen molar-refractivity contribution in [2.24, 2.45) is 5.10 Å². The summed E-state index contributed by atoms with van der Waals surface area (Å²) in [6.45, 7) is 0. The van der Waals surface area contributed by atoms with E-state index in [1.165, 1.54) is 12.5 Å². The number of furan rings is 1. The quantitative estimate of drug-likeness (QED) is 0.495. The monoisotopic (exact) mass is 257 g/mol. The van der Waals surface area contributed by atoms with Crippen LogP contribution in [0.2, 0.25) is 0 Å². The maximum Gasteiger partial charge on any atom is 0.329 e. The molecule has 6 heteroatoms. The molecule has 0 saturated carbocycles. The van der Waals surface area contributed by atoms with E-state index in [4.69, 9.17) is 4.42 Å². The Kier molecular flexibility index (Phi) is 4.07. The topological polar surface area (TPSA) is 83.7 Å². The minimum Gasteiger partial charge on any atom is -0.463 e. The third kappa shape index (κ3) is 3.81. The van der Waals surface area contributed by atoms with Crippen LogP contribution >= 0.6 is 0 Å². The fraction of sp³-hybridized carbons (Fsp3) is 0. The molecule has 1 heterocycles. The number of anilines is 1. The standard InChI is InChI=1S/C13H11N3O3/c17-12(15-10-5-2-1-3-6-10)13(18)16-14-9-11-7-4-8-19-11/h1-9H,(H,15,17)(H,16,18). The van der Waals surface area contributed by atoms with Gasteiger partial charge in [0, 0.05) is 5.69 Å². The second-order valence-electron chi connectivity index (χ2n) is 3.53. The number of nitrogens with one attached hydrogen (secondary N) is 2. The predicted octanol–water partition coefficient (Wildman–Crippen LogP) is 1.37.